The summed E-state index contributed by atoms with van der Waals surface area (Å²) in [6.45, 7) is 4.43. The van der Waals surface area contributed by atoms with Gasteiger partial charge in [0.15, 0.2) is 0 Å². The van der Waals surface area contributed by atoms with Crippen LogP contribution in [-0.4, -0.2) is 42.6 Å². The standard InChI is InChI=1S/C23H31Cl2F3N2O2S/c1-3-5-9-30(10-6-4-2)20-11-16(14-31-15-23(26,27)28)12-21(33-29)22(20)32-17-7-8-18(24)19(25)13-17/h7-8,11,13,21H,3-6,9-10,12,14-15,29H2,1-2H3. The van der Waals surface area contributed by atoms with E-state index in [1.165, 1.54) is 0 Å². The second-order valence-corrected chi connectivity index (χ2v) is 9.52. The maximum absolute atomic E-state index is 12.6. The van der Waals surface area contributed by atoms with E-state index < -0.39 is 12.8 Å². The minimum Gasteiger partial charge on any atom is -0.458 e. The van der Waals surface area contributed by atoms with Gasteiger partial charge in [-0.3, -0.25) is 5.14 Å². The zero-order chi connectivity index (χ0) is 24.4. The van der Waals surface area contributed by atoms with Crippen molar-refractivity contribution in [1.29, 1.82) is 0 Å². The summed E-state index contributed by atoms with van der Waals surface area (Å²) < 4.78 is 49.0. The molecule has 0 amide bonds. The maximum atomic E-state index is 12.6. The fraction of sp³-hybridized carbons (Fsp3) is 0.565. The smallest absolute Gasteiger partial charge is 0.411 e. The van der Waals surface area contributed by atoms with E-state index in [1.807, 2.05) is 6.08 Å². The molecule has 1 unspecified atom stereocenters. The van der Waals surface area contributed by atoms with Crippen LogP contribution < -0.4 is 9.88 Å². The van der Waals surface area contributed by atoms with Crippen LogP contribution in [0, 0.1) is 0 Å². The van der Waals surface area contributed by atoms with Crippen LogP contribution in [0.1, 0.15) is 46.0 Å². The lowest BCUT2D eigenvalue weighted by molar-refractivity contribution is -0.171. The summed E-state index contributed by atoms with van der Waals surface area (Å²) >= 11 is 13.3. The van der Waals surface area contributed by atoms with Crippen molar-refractivity contribution in [1.82, 2.24) is 4.90 Å². The lowest BCUT2D eigenvalue weighted by Crippen LogP contribution is -2.32. The van der Waals surface area contributed by atoms with Crippen molar-refractivity contribution in [2.45, 2.75) is 57.4 Å². The molecular weight excluding hydrogens is 496 g/mol. The second kappa shape index (κ2) is 13.7. The Kier molecular flexibility index (Phi) is 11.7. The Bertz CT molecular complexity index is 826. The number of nitrogens with two attached hydrogens (primary N) is 1. The van der Waals surface area contributed by atoms with Gasteiger partial charge >= 0.3 is 6.18 Å². The van der Waals surface area contributed by atoms with Gasteiger partial charge in [-0.15, -0.1) is 0 Å². The Morgan fingerprint density at radius 2 is 1.79 bits per heavy atom. The molecule has 1 aromatic rings. The molecule has 1 aliphatic rings. The molecule has 4 nitrogen and oxygen atoms in total. The van der Waals surface area contributed by atoms with Gasteiger partial charge in [0.2, 0.25) is 0 Å². The summed E-state index contributed by atoms with van der Waals surface area (Å²) in [5.41, 5.74) is 1.57. The monoisotopic (exact) mass is 526 g/mol. The van der Waals surface area contributed by atoms with Gasteiger partial charge in [0, 0.05) is 19.2 Å². The first-order chi connectivity index (χ1) is 15.7. The van der Waals surface area contributed by atoms with Crippen molar-refractivity contribution in [3.63, 3.8) is 0 Å². The number of ether oxygens (including phenoxy) is 2. The van der Waals surface area contributed by atoms with Gasteiger partial charge < -0.3 is 14.4 Å². The molecule has 1 atom stereocenters. The Balaban J connectivity index is 2.43. The van der Waals surface area contributed by atoms with E-state index in [2.05, 4.69) is 18.7 Å². The lowest BCUT2D eigenvalue weighted by Gasteiger charge is -2.34. The van der Waals surface area contributed by atoms with E-state index in [9.17, 15) is 13.2 Å². The molecule has 33 heavy (non-hydrogen) atoms. The van der Waals surface area contributed by atoms with E-state index in [1.54, 1.807) is 18.2 Å². The number of nitrogens with zero attached hydrogens (tertiary/aromatic N) is 1. The van der Waals surface area contributed by atoms with E-state index >= 15 is 0 Å². The topological polar surface area (TPSA) is 47.7 Å². The zero-order valence-electron chi connectivity index (χ0n) is 18.9. The minimum atomic E-state index is -4.37. The third-order valence-electron chi connectivity index (χ3n) is 5.07. The van der Waals surface area contributed by atoms with Gasteiger partial charge in [0.1, 0.15) is 18.1 Å². The molecule has 1 aromatic carbocycles. The number of hydrogen-bond acceptors (Lipinski definition) is 5. The van der Waals surface area contributed by atoms with Crippen LogP contribution in [0.3, 0.4) is 0 Å². The molecule has 10 heteroatoms. The molecule has 0 aromatic heterocycles. The van der Waals surface area contributed by atoms with Crippen molar-refractivity contribution in [3.8, 4) is 5.75 Å². The Hall–Kier alpha value is -1.06. The third kappa shape index (κ3) is 9.25. The quantitative estimate of drug-likeness (QED) is 0.272. The number of allylic oxidation sites excluding steroid dienone is 1. The Morgan fingerprint density at radius 1 is 1.12 bits per heavy atom. The minimum absolute atomic E-state index is 0.116. The molecule has 0 heterocycles. The van der Waals surface area contributed by atoms with Gasteiger partial charge in [0.25, 0.3) is 0 Å². The molecule has 0 saturated heterocycles. The largest absolute Gasteiger partial charge is 0.458 e. The van der Waals surface area contributed by atoms with E-state index in [0.29, 0.717) is 28.0 Å². The molecule has 0 bridgehead atoms. The highest BCUT2D eigenvalue weighted by molar-refractivity contribution is 7.97. The van der Waals surface area contributed by atoms with Gasteiger partial charge in [-0.25, -0.2) is 0 Å². The first-order valence-corrected chi connectivity index (χ1v) is 12.7. The van der Waals surface area contributed by atoms with Crippen molar-refractivity contribution in [3.05, 3.63) is 51.3 Å². The fourth-order valence-electron chi connectivity index (χ4n) is 3.41. The first kappa shape index (κ1) is 28.2. The maximum Gasteiger partial charge on any atom is 0.411 e. The molecule has 186 valence electrons. The van der Waals surface area contributed by atoms with Crippen molar-refractivity contribution in [2.24, 2.45) is 5.14 Å². The highest BCUT2D eigenvalue weighted by Crippen LogP contribution is 2.36. The molecule has 2 N–H and O–H groups in total. The summed E-state index contributed by atoms with van der Waals surface area (Å²) in [6.07, 6.45) is 1.92. The number of rotatable bonds is 13. The molecule has 1 aliphatic carbocycles. The number of alkyl halides is 3. The second-order valence-electron chi connectivity index (χ2n) is 7.86. The van der Waals surface area contributed by atoms with Gasteiger partial charge in [0.05, 0.1) is 27.6 Å². The first-order valence-electron chi connectivity index (χ1n) is 11.0. The molecule has 2 rings (SSSR count). The SMILES string of the molecule is CCCCN(CCCC)C1=C(Oc2ccc(Cl)c(Cl)c2)C(SN)CC(COCC(F)(F)F)=C1. The van der Waals surface area contributed by atoms with Crippen LogP contribution in [0.25, 0.3) is 0 Å². The molecule has 0 radical (unpaired) electrons. The zero-order valence-corrected chi connectivity index (χ0v) is 21.2. The number of halogens is 5. The summed E-state index contributed by atoms with van der Waals surface area (Å²) in [7, 11) is 0. The predicted octanol–water partition coefficient (Wildman–Crippen LogP) is 7.37. The van der Waals surface area contributed by atoms with Crippen LogP contribution in [0.2, 0.25) is 10.0 Å². The van der Waals surface area contributed by atoms with Gasteiger partial charge in [-0.2, -0.15) is 13.2 Å². The van der Waals surface area contributed by atoms with Crippen molar-refractivity contribution < 1.29 is 22.6 Å². The highest BCUT2D eigenvalue weighted by Gasteiger charge is 2.31. The van der Waals surface area contributed by atoms with Crippen molar-refractivity contribution >= 4 is 35.1 Å². The van der Waals surface area contributed by atoms with Crippen LogP contribution >= 0.6 is 35.1 Å². The molecule has 0 fully saturated rings. The molecular formula is C23H31Cl2F3N2O2S. The Labute approximate surface area is 208 Å². The summed E-state index contributed by atoms with van der Waals surface area (Å²) in [4.78, 5) is 2.23. The molecule has 0 spiro atoms. The van der Waals surface area contributed by atoms with E-state index in [4.69, 9.17) is 37.8 Å². The number of unbranched alkanes of at least 4 members (excludes halogenated alkanes) is 2. The van der Waals surface area contributed by atoms with Crippen LogP contribution in [0.15, 0.2) is 41.3 Å². The van der Waals surface area contributed by atoms with Crippen LogP contribution in [0.5, 0.6) is 5.75 Å². The number of hydrogen-bond donors (Lipinski definition) is 1. The normalized spacial score (nSPS) is 16.7. The van der Waals surface area contributed by atoms with Crippen LogP contribution in [0.4, 0.5) is 13.2 Å². The fourth-order valence-corrected chi connectivity index (χ4v) is 4.30. The molecule has 0 saturated carbocycles. The number of benzene rings is 1. The summed E-state index contributed by atoms with van der Waals surface area (Å²) in [6, 6.07) is 5.02. The van der Waals surface area contributed by atoms with Crippen molar-refractivity contribution in [2.75, 3.05) is 26.3 Å². The average molecular weight is 527 g/mol. The highest BCUT2D eigenvalue weighted by atomic mass is 35.5. The average Bonchev–Trinajstić information content (AvgIpc) is 2.76. The van der Waals surface area contributed by atoms with E-state index in [-0.39, 0.29) is 11.9 Å². The third-order valence-corrected chi connectivity index (χ3v) is 6.52. The van der Waals surface area contributed by atoms with Gasteiger partial charge in [-0.05, 0) is 43.0 Å². The van der Waals surface area contributed by atoms with Crippen LogP contribution in [-0.2, 0) is 4.74 Å². The predicted molar refractivity (Wildman–Crippen MR) is 131 cm³/mol. The lowest BCUT2D eigenvalue weighted by atomic mass is 10.00. The summed E-state index contributed by atoms with van der Waals surface area (Å²) in [5, 5.41) is 6.52. The van der Waals surface area contributed by atoms with E-state index in [0.717, 1.165) is 62.0 Å². The van der Waals surface area contributed by atoms with Gasteiger partial charge in [-0.1, -0.05) is 61.8 Å². The Morgan fingerprint density at radius 3 is 2.33 bits per heavy atom. The summed E-state index contributed by atoms with van der Waals surface area (Å²) in [5.74, 6) is 1.18. The molecule has 0 aliphatic heterocycles.